The summed E-state index contributed by atoms with van der Waals surface area (Å²) in [6, 6.07) is 8.17. The first-order valence-electron chi connectivity index (χ1n) is 6.22. The van der Waals surface area contributed by atoms with Gasteiger partial charge < -0.3 is 15.2 Å². The Labute approximate surface area is 103 Å². The van der Waals surface area contributed by atoms with E-state index in [1.165, 1.54) is 5.56 Å². The molecule has 0 spiro atoms. The number of piperidine rings is 1. The summed E-state index contributed by atoms with van der Waals surface area (Å²) in [6.45, 7) is 2.30. The number of hydrogen-bond acceptors (Lipinski definition) is 3. The van der Waals surface area contributed by atoms with Gasteiger partial charge in [0.1, 0.15) is 5.75 Å². The Morgan fingerprint density at radius 1 is 1.24 bits per heavy atom. The molecule has 2 N–H and O–H groups in total. The topological polar surface area (TPSA) is 41.5 Å². The zero-order valence-electron chi connectivity index (χ0n) is 10.4. The highest BCUT2D eigenvalue weighted by Gasteiger charge is 2.31. The Hall–Kier alpha value is -1.06. The van der Waals surface area contributed by atoms with Crippen LogP contribution in [0.2, 0.25) is 0 Å². The summed E-state index contributed by atoms with van der Waals surface area (Å²) >= 11 is 0. The smallest absolute Gasteiger partial charge is 0.118 e. The van der Waals surface area contributed by atoms with Crippen molar-refractivity contribution in [2.45, 2.75) is 19.3 Å². The van der Waals surface area contributed by atoms with E-state index in [0.29, 0.717) is 0 Å². The molecule has 17 heavy (non-hydrogen) atoms. The maximum absolute atomic E-state index is 9.65. The SMILES string of the molecule is COc1ccc(CC2(CO)CCNCC2)cc1. The molecule has 3 heteroatoms. The van der Waals surface area contributed by atoms with Gasteiger partial charge in [0.05, 0.1) is 7.11 Å². The largest absolute Gasteiger partial charge is 0.497 e. The molecule has 0 aromatic heterocycles. The first-order chi connectivity index (χ1) is 8.28. The van der Waals surface area contributed by atoms with E-state index in [-0.39, 0.29) is 12.0 Å². The summed E-state index contributed by atoms with van der Waals surface area (Å²) in [6.07, 6.45) is 3.06. The summed E-state index contributed by atoms with van der Waals surface area (Å²) in [7, 11) is 1.68. The van der Waals surface area contributed by atoms with Crippen molar-refractivity contribution < 1.29 is 9.84 Å². The van der Waals surface area contributed by atoms with Crippen LogP contribution in [0.3, 0.4) is 0 Å². The molecule has 1 aromatic carbocycles. The number of methoxy groups -OCH3 is 1. The standard InChI is InChI=1S/C14H21NO2/c1-17-13-4-2-12(3-5-13)10-14(11-16)6-8-15-9-7-14/h2-5,15-16H,6-11H2,1H3. The summed E-state index contributed by atoms with van der Waals surface area (Å²) in [5.41, 5.74) is 1.35. The Bertz CT molecular complexity index is 342. The third-order valence-corrected chi connectivity index (χ3v) is 3.74. The fourth-order valence-electron chi connectivity index (χ4n) is 2.52. The molecule has 1 aliphatic rings. The van der Waals surface area contributed by atoms with Crippen molar-refractivity contribution in [1.82, 2.24) is 5.32 Å². The van der Waals surface area contributed by atoms with E-state index in [1.54, 1.807) is 7.11 Å². The van der Waals surface area contributed by atoms with Crippen molar-refractivity contribution in [3.8, 4) is 5.75 Å². The van der Waals surface area contributed by atoms with E-state index < -0.39 is 0 Å². The average molecular weight is 235 g/mol. The van der Waals surface area contributed by atoms with Gasteiger partial charge in [0.2, 0.25) is 0 Å². The Balaban J connectivity index is 2.06. The summed E-state index contributed by atoms with van der Waals surface area (Å²) in [4.78, 5) is 0. The van der Waals surface area contributed by atoms with Crippen LogP contribution in [0.15, 0.2) is 24.3 Å². The molecule has 2 rings (SSSR count). The second kappa shape index (κ2) is 5.52. The fraction of sp³-hybridized carbons (Fsp3) is 0.571. The highest BCUT2D eigenvalue weighted by Crippen LogP contribution is 2.32. The van der Waals surface area contributed by atoms with Crippen LogP contribution in [-0.2, 0) is 6.42 Å². The van der Waals surface area contributed by atoms with Gasteiger partial charge in [-0.05, 0) is 55.5 Å². The predicted octanol–water partition coefficient (Wildman–Crippen LogP) is 1.60. The first kappa shape index (κ1) is 12.4. The van der Waals surface area contributed by atoms with Crippen LogP contribution in [0, 0.1) is 5.41 Å². The maximum Gasteiger partial charge on any atom is 0.118 e. The van der Waals surface area contributed by atoms with Crippen LogP contribution in [0.4, 0.5) is 0 Å². The van der Waals surface area contributed by atoms with Crippen molar-refractivity contribution >= 4 is 0 Å². The molecule has 0 atom stereocenters. The molecular formula is C14H21NO2. The lowest BCUT2D eigenvalue weighted by molar-refractivity contribution is 0.0893. The first-order valence-corrected chi connectivity index (χ1v) is 6.22. The molecule has 1 fully saturated rings. The van der Waals surface area contributed by atoms with Crippen LogP contribution in [-0.4, -0.2) is 31.9 Å². The van der Waals surface area contributed by atoms with Crippen LogP contribution < -0.4 is 10.1 Å². The normalized spacial score (nSPS) is 18.9. The second-order valence-corrected chi connectivity index (χ2v) is 4.93. The average Bonchev–Trinajstić information content (AvgIpc) is 2.41. The molecule has 94 valence electrons. The monoisotopic (exact) mass is 235 g/mol. The summed E-state index contributed by atoms with van der Waals surface area (Å²) in [5.74, 6) is 0.886. The molecule has 3 nitrogen and oxygen atoms in total. The number of hydrogen-bond donors (Lipinski definition) is 2. The van der Waals surface area contributed by atoms with Gasteiger partial charge in [0, 0.05) is 6.61 Å². The number of aliphatic hydroxyl groups is 1. The van der Waals surface area contributed by atoms with Gasteiger partial charge in [-0.1, -0.05) is 12.1 Å². The second-order valence-electron chi connectivity index (χ2n) is 4.93. The summed E-state index contributed by atoms with van der Waals surface area (Å²) in [5, 5.41) is 13.0. The molecule has 0 saturated carbocycles. The van der Waals surface area contributed by atoms with E-state index in [2.05, 4.69) is 17.4 Å². The van der Waals surface area contributed by atoms with E-state index in [0.717, 1.165) is 38.1 Å². The lowest BCUT2D eigenvalue weighted by Gasteiger charge is -2.36. The minimum Gasteiger partial charge on any atom is -0.497 e. The molecule has 1 aromatic rings. The molecule has 0 bridgehead atoms. The molecule has 0 radical (unpaired) electrons. The Kier molecular flexibility index (Phi) is 4.02. The van der Waals surface area contributed by atoms with E-state index >= 15 is 0 Å². The van der Waals surface area contributed by atoms with E-state index in [9.17, 15) is 5.11 Å². The minimum atomic E-state index is 0.0693. The predicted molar refractivity (Wildman–Crippen MR) is 68.3 cm³/mol. The lowest BCUT2D eigenvalue weighted by Crippen LogP contribution is -2.40. The van der Waals surface area contributed by atoms with Gasteiger partial charge in [-0.15, -0.1) is 0 Å². The lowest BCUT2D eigenvalue weighted by atomic mass is 9.75. The quantitative estimate of drug-likeness (QED) is 0.833. The Morgan fingerprint density at radius 3 is 2.41 bits per heavy atom. The fourth-order valence-corrected chi connectivity index (χ4v) is 2.52. The molecule has 1 aliphatic heterocycles. The Morgan fingerprint density at radius 2 is 1.88 bits per heavy atom. The number of rotatable bonds is 4. The maximum atomic E-state index is 9.65. The third kappa shape index (κ3) is 2.99. The number of ether oxygens (including phenoxy) is 1. The molecule has 0 amide bonds. The molecular weight excluding hydrogens is 214 g/mol. The van der Waals surface area contributed by atoms with Crippen LogP contribution in [0.1, 0.15) is 18.4 Å². The van der Waals surface area contributed by atoms with E-state index in [1.807, 2.05) is 12.1 Å². The van der Waals surface area contributed by atoms with Crippen molar-refractivity contribution in [3.63, 3.8) is 0 Å². The van der Waals surface area contributed by atoms with Crippen LogP contribution >= 0.6 is 0 Å². The van der Waals surface area contributed by atoms with Crippen molar-refractivity contribution in [3.05, 3.63) is 29.8 Å². The van der Waals surface area contributed by atoms with Gasteiger partial charge >= 0.3 is 0 Å². The molecule has 1 heterocycles. The molecule has 1 saturated heterocycles. The third-order valence-electron chi connectivity index (χ3n) is 3.74. The molecule has 0 unspecified atom stereocenters. The van der Waals surface area contributed by atoms with Crippen molar-refractivity contribution in [1.29, 1.82) is 0 Å². The minimum absolute atomic E-state index is 0.0693. The van der Waals surface area contributed by atoms with Crippen LogP contribution in [0.25, 0.3) is 0 Å². The van der Waals surface area contributed by atoms with Gasteiger partial charge in [-0.3, -0.25) is 0 Å². The summed E-state index contributed by atoms with van der Waals surface area (Å²) < 4.78 is 5.15. The zero-order chi connectivity index (χ0) is 12.1. The zero-order valence-corrected chi connectivity index (χ0v) is 10.4. The number of benzene rings is 1. The highest BCUT2D eigenvalue weighted by atomic mass is 16.5. The van der Waals surface area contributed by atoms with E-state index in [4.69, 9.17) is 4.74 Å². The van der Waals surface area contributed by atoms with Gasteiger partial charge in [0.25, 0.3) is 0 Å². The van der Waals surface area contributed by atoms with Gasteiger partial charge in [0.15, 0.2) is 0 Å². The number of nitrogens with one attached hydrogen (secondary N) is 1. The van der Waals surface area contributed by atoms with Gasteiger partial charge in [-0.2, -0.15) is 0 Å². The van der Waals surface area contributed by atoms with Crippen molar-refractivity contribution in [2.24, 2.45) is 5.41 Å². The number of aliphatic hydroxyl groups excluding tert-OH is 1. The molecule has 0 aliphatic carbocycles. The van der Waals surface area contributed by atoms with Crippen molar-refractivity contribution in [2.75, 3.05) is 26.8 Å². The van der Waals surface area contributed by atoms with Gasteiger partial charge in [-0.25, -0.2) is 0 Å². The highest BCUT2D eigenvalue weighted by molar-refractivity contribution is 5.28. The van der Waals surface area contributed by atoms with Crippen LogP contribution in [0.5, 0.6) is 5.75 Å².